The van der Waals surface area contributed by atoms with Crippen molar-refractivity contribution in [2.45, 2.75) is 26.3 Å². The fraction of sp³-hybridized carbons (Fsp3) is 0.294. The number of carbonyl (C=O) groups is 1. The van der Waals surface area contributed by atoms with Gasteiger partial charge in [0.05, 0.1) is 6.26 Å². The zero-order chi connectivity index (χ0) is 19.6. The number of nitrogens with zero attached hydrogens (tertiary/aromatic N) is 3. The van der Waals surface area contributed by atoms with Gasteiger partial charge in [0.25, 0.3) is 11.5 Å². The molecule has 0 radical (unpaired) electrons. The molecule has 9 nitrogen and oxygen atoms in total. The Morgan fingerprint density at radius 1 is 1.44 bits per heavy atom. The highest BCUT2D eigenvalue weighted by atomic mass is 32.1. The van der Waals surface area contributed by atoms with Gasteiger partial charge in [0.15, 0.2) is 16.5 Å². The first-order valence-electron chi connectivity index (χ1n) is 8.34. The number of carbonyl (C=O) groups excluding carboxylic acids is 1. The number of nitrogen functional groups attached to an aromatic ring is 1. The number of unbranched alkanes of at least 4 members (excludes halogenated alkanes) is 1. The summed E-state index contributed by atoms with van der Waals surface area (Å²) < 4.78 is 6.54. The van der Waals surface area contributed by atoms with E-state index in [0.717, 1.165) is 11.3 Å². The molecule has 1 amide bonds. The average molecular weight is 389 g/mol. The molecule has 142 valence electrons. The highest BCUT2D eigenvalue weighted by molar-refractivity contribution is 7.13. The Hall–Kier alpha value is -3.14. The van der Waals surface area contributed by atoms with Crippen molar-refractivity contribution < 1.29 is 9.21 Å². The SMILES string of the molecule is CCCCn1c(N)c(N(C)C(=O)c2csc(-c3ccco3)n2)c(=O)[nH]c1=O. The zero-order valence-electron chi connectivity index (χ0n) is 14.9. The topological polar surface area (TPSA) is 127 Å². The van der Waals surface area contributed by atoms with Gasteiger partial charge in [-0.15, -0.1) is 11.3 Å². The second kappa shape index (κ2) is 7.62. The van der Waals surface area contributed by atoms with Crippen molar-refractivity contribution in [3.63, 3.8) is 0 Å². The summed E-state index contributed by atoms with van der Waals surface area (Å²) in [6, 6.07) is 3.47. The van der Waals surface area contributed by atoms with Crippen LogP contribution in [-0.4, -0.2) is 27.5 Å². The summed E-state index contributed by atoms with van der Waals surface area (Å²) in [5.41, 5.74) is 4.80. The molecule has 0 aliphatic carbocycles. The van der Waals surface area contributed by atoms with E-state index in [1.165, 1.54) is 29.2 Å². The molecule has 0 saturated carbocycles. The van der Waals surface area contributed by atoms with Gasteiger partial charge in [-0.2, -0.15) is 0 Å². The number of anilines is 2. The molecule has 0 aliphatic heterocycles. The van der Waals surface area contributed by atoms with Crippen molar-refractivity contribution in [3.05, 3.63) is 50.3 Å². The van der Waals surface area contributed by atoms with E-state index in [1.807, 2.05) is 6.92 Å². The Morgan fingerprint density at radius 3 is 2.89 bits per heavy atom. The van der Waals surface area contributed by atoms with Crippen LogP contribution in [0, 0.1) is 0 Å². The number of amides is 1. The van der Waals surface area contributed by atoms with Crippen LogP contribution in [0.15, 0.2) is 37.8 Å². The number of thiazole rings is 1. The van der Waals surface area contributed by atoms with Gasteiger partial charge in [-0.25, -0.2) is 9.78 Å². The second-order valence-corrected chi connectivity index (χ2v) is 6.74. The molecule has 3 aromatic rings. The Kier molecular flexibility index (Phi) is 5.26. The summed E-state index contributed by atoms with van der Waals surface area (Å²) in [6.07, 6.45) is 3.08. The van der Waals surface area contributed by atoms with Crippen molar-refractivity contribution in [2.24, 2.45) is 0 Å². The molecule has 0 aliphatic rings. The molecule has 10 heteroatoms. The minimum absolute atomic E-state index is 0.0467. The van der Waals surface area contributed by atoms with Crippen molar-refractivity contribution >= 4 is 28.7 Å². The Morgan fingerprint density at radius 2 is 2.22 bits per heavy atom. The maximum atomic E-state index is 12.8. The summed E-state index contributed by atoms with van der Waals surface area (Å²) in [6.45, 7) is 2.33. The zero-order valence-corrected chi connectivity index (χ0v) is 15.7. The molecule has 0 atom stereocenters. The molecule has 0 aromatic carbocycles. The number of aromatic amines is 1. The third-order valence-corrected chi connectivity index (χ3v) is 4.90. The van der Waals surface area contributed by atoms with Crippen LogP contribution in [0.3, 0.4) is 0 Å². The Bertz CT molecular complexity index is 1060. The molecule has 3 N–H and O–H groups in total. The fourth-order valence-electron chi connectivity index (χ4n) is 2.60. The van der Waals surface area contributed by atoms with Crippen LogP contribution in [0.4, 0.5) is 11.5 Å². The summed E-state index contributed by atoms with van der Waals surface area (Å²) >= 11 is 1.25. The molecule has 3 heterocycles. The van der Waals surface area contributed by atoms with Gasteiger partial charge in [-0.3, -0.25) is 19.1 Å². The van der Waals surface area contributed by atoms with Crippen LogP contribution in [0.2, 0.25) is 0 Å². The molecule has 3 aromatic heterocycles. The average Bonchev–Trinajstić information content (AvgIpc) is 3.32. The van der Waals surface area contributed by atoms with Crippen LogP contribution in [0.5, 0.6) is 0 Å². The molecule has 0 unspecified atom stereocenters. The van der Waals surface area contributed by atoms with Crippen LogP contribution >= 0.6 is 11.3 Å². The quantitative estimate of drug-likeness (QED) is 0.663. The smallest absolute Gasteiger partial charge is 0.330 e. The van der Waals surface area contributed by atoms with Crippen molar-refractivity contribution in [2.75, 3.05) is 17.7 Å². The lowest BCUT2D eigenvalue weighted by Gasteiger charge is -2.19. The van der Waals surface area contributed by atoms with Gasteiger partial charge in [-0.1, -0.05) is 13.3 Å². The largest absolute Gasteiger partial charge is 0.462 e. The number of aromatic nitrogens is 3. The summed E-state index contributed by atoms with van der Waals surface area (Å²) in [5, 5.41) is 2.13. The number of hydrogen-bond acceptors (Lipinski definition) is 7. The lowest BCUT2D eigenvalue weighted by atomic mass is 10.3. The van der Waals surface area contributed by atoms with E-state index < -0.39 is 17.2 Å². The normalized spacial score (nSPS) is 10.9. The van der Waals surface area contributed by atoms with Gasteiger partial charge in [0, 0.05) is 19.0 Å². The molecular formula is C17H19N5O4S. The van der Waals surface area contributed by atoms with Crippen LogP contribution < -0.4 is 21.9 Å². The number of hydrogen-bond donors (Lipinski definition) is 2. The number of nitrogens with one attached hydrogen (secondary N) is 1. The monoisotopic (exact) mass is 389 g/mol. The molecule has 3 rings (SSSR count). The van der Waals surface area contributed by atoms with Gasteiger partial charge >= 0.3 is 5.69 Å². The third-order valence-electron chi connectivity index (χ3n) is 4.04. The summed E-state index contributed by atoms with van der Waals surface area (Å²) in [5.74, 6) is -0.0105. The second-order valence-electron chi connectivity index (χ2n) is 5.88. The van der Waals surface area contributed by atoms with E-state index in [9.17, 15) is 14.4 Å². The highest BCUT2D eigenvalue weighted by Gasteiger charge is 2.24. The fourth-order valence-corrected chi connectivity index (χ4v) is 3.36. The predicted octanol–water partition coefficient (Wildman–Crippen LogP) is 1.91. The van der Waals surface area contributed by atoms with Crippen molar-refractivity contribution in [1.82, 2.24) is 14.5 Å². The van der Waals surface area contributed by atoms with Gasteiger partial charge in [0.2, 0.25) is 0 Å². The van der Waals surface area contributed by atoms with Gasteiger partial charge < -0.3 is 15.1 Å². The van der Waals surface area contributed by atoms with E-state index in [1.54, 1.807) is 17.5 Å². The number of nitrogens with two attached hydrogens (primary N) is 1. The van der Waals surface area contributed by atoms with Gasteiger partial charge in [-0.05, 0) is 18.6 Å². The maximum Gasteiger partial charge on any atom is 0.330 e. The van der Waals surface area contributed by atoms with Crippen molar-refractivity contribution in [3.8, 4) is 10.8 Å². The van der Waals surface area contributed by atoms with Crippen molar-refractivity contribution in [1.29, 1.82) is 0 Å². The van der Waals surface area contributed by atoms with E-state index >= 15 is 0 Å². The van der Waals surface area contributed by atoms with Crippen LogP contribution in [0.25, 0.3) is 10.8 Å². The lowest BCUT2D eigenvalue weighted by molar-refractivity contribution is 0.0988. The lowest BCUT2D eigenvalue weighted by Crippen LogP contribution is -2.39. The third kappa shape index (κ3) is 3.56. The van der Waals surface area contributed by atoms with E-state index in [-0.39, 0.29) is 17.2 Å². The van der Waals surface area contributed by atoms with E-state index in [2.05, 4.69) is 9.97 Å². The highest BCUT2D eigenvalue weighted by Crippen LogP contribution is 2.25. The first-order chi connectivity index (χ1) is 12.9. The maximum absolute atomic E-state index is 12.8. The first-order valence-corrected chi connectivity index (χ1v) is 9.22. The number of furan rings is 1. The predicted molar refractivity (Wildman–Crippen MR) is 103 cm³/mol. The number of rotatable bonds is 6. The minimum atomic E-state index is -0.720. The molecular weight excluding hydrogens is 370 g/mol. The Labute approximate surface area is 158 Å². The first kappa shape index (κ1) is 18.6. The molecule has 27 heavy (non-hydrogen) atoms. The standard InChI is InChI=1S/C17H19N5O4S/c1-3-4-7-22-13(18)12(14(23)20-17(22)25)21(2)16(24)10-9-27-15(19-10)11-6-5-8-26-11/h5-6,8-9H,3-4,7,18H2,1-2H3,(H,20,23,25). The molecule has 0 bridgehead atoms. The van der Waals surface area contributed by atoms with Crippen LogP contribution in [0.1, 0.15) is 30.3 Å². The summed E-state index contributed by atoms with van der Waals surface area (Å²) in [4.78, 5) is 44.7. The summed E-state index contributed by atoms with van der Waals surface area (Å²) in [7, 11) is 1.42. The van der Waals surface area contributed by atoms with Gasteiger partial charge in [0.1, 0.15) is 11.5 Å². The van der Waals surface area contributed by atoms with E-state index in [0.29, 0.717) is 23.7 Å². The Balaban J connectivity index is 1.95. The molecule has 0 saturated heterocycles. The molecule has 0 spiro atoms. The van der Waals surface area contributed by atoms with E-state index in [4.69, 9.17) is 10.2 Å². The minimum Gasteiger partial charge on any atom is -0.462 e. The molecule has 0 fully saturated rings. The van der Waals surface area contributed by atoms with Crippen LogP contribution in [-0.2, 0) is 6.54 Å². The number of H-pyrrole nitrogens is 1.